The van der Waals surface area contributed by atoms with E-state index >= 15 is 0 Å². The second-order valence-electron chi connectivity index (χ2n) is 5.06. The molecule has 1 saturated heterocycles. The summed E-state index contributed by atoms with van der Waals surface area (Å²) >= 11 is 0. The van der Waals surface area contributed by atoms with Crippen LogP contribution in [0.25, 0.3) is 0 Å². The maximum atomic E-state index is 12.5. The molecule has 2 rings (SSSR count). The second-order valence-corrected chi connectivity index (χ2v) is 5.06. The van der Waals surface area contributed by atoms with Gasteiger partial charge in [-0.25, -0.2) is 4.79 Å². The van der Waals surface area contributed by atoms with Crippen molar-refractivity contribution in [1.82, 2.24) is 19.7 Å². The molecular weight excluding hydrogens is 270 g/mol. The van der Waals surface area contributed by atoms with E-state index in [-0.39, 0.29) is 11.9 Å². The average Bonchev–Trinajstić information content (AvgIpc) is 2.88. The molecule has 3 amide bonds. The zero-order chi connectivity index (χ0) is 15.4. The quantitative estimate of drug-likeness (QED) is 0.855. The summed E-state index contributed by atoms with van der Waals surface area (Å²) in [4.78, 5) is 27.8. The number of aryl methyl sites for hydroxylation is 1. The van der Waals surface area contributed by atoms with Crippen LogP contribution in [-0.4, -0.2) is 59.0 Å². The van der Waals surface area contributed by atoms with Crippen molar-refractivity contribution < 1.29 is 9.59 Å². The summed E-state index contributed by atoms with van der Waals surface area (Å²) < 4.78 is 1.85. The maximum absolute atomic E-state index is 12.5. The predicted molar refractivity (Wildman–Crippen MR) is 81.1 cm³/mol. The molecule has 1 aromatic rings. The molecule has 7 nitrogen and oxygen atoms in total. The van der Waals surface area contributed by atoms with E-state index in [1.54, 1.807) is 22.1 Å². The van der Waals surface area contributed by atoms with E-state index in [0.29, 0.717) is 50.6 Å². The van der Waals surface area contributed by atoms with E-state index in [9.17, 15) is 9.59 Å². The number of nitrogens with one attached hydrogen (secondary N) is 1. The van der Waals surface area contributed by atoms with Gasteiger partial charge < -0.3 is 25.4 Å². The Hall–Kier alpha value is -2.18. The number of hydrogen-bond donors (Lipinski definition) is 2. The van der Waals surface area contributed by atoms with E-state index < -0.39 is 0 Å². The lowest BCUT2D eigenvalue weighted by Gasteiger charge is -2.34. The summed E-state index contributed by atoms with van der Waals surface area (Å²) in [6.07, 6.45) is 1.78. The first-order chi connectivity index (χ1) is 10.1. The summed E-state index contributed by atoms with van der Waals surface area (Å²) in [7, 11) is 0. The highest BCUT2D eigenvalue weighted by Crippen LogP contribution is 2.14. The van der Waals surface area contributed by atoms with Gasteiger partial charge in [-0.05, 0) is 19.9 Å². The number of carbonyl (C=O) groups excluding carboxylic acids is 2. The standard InChI is InChI=1S/C14H23N5O2/c1-3-16-14(21)19-7-5-18(6-8-19)13(20)12-9-11(15)10-17(12)4-2/h9-10H,3-8,15H2,1-2H3,(H,16,21). The lowest BCUT2D eigenvalue weighted by molar-refractivity contribution is 0.0655. The number of nitrogens with zero attached hydrogens (tertiary/aromatic N) is 3. The molecule has 1 aromatic heterocycles. The first-order valence-electron chi connectivity index (χ1n) is 7.34. The number of hydrogen-bond acceptors (Lipinski definition) is 3. The number of amides is 3. The van der Waals surface area contributed by atoms with E-state index in [2.05, 4.69) is 5.32 Å². The highest BCUT2D eigenvalue weighted by Gasteiger charge is 2.26. The average molecular weight is 293 g/mol. The van der Waals surface area contributed by atoms with Gasteiger partial charge in [0.1, 0.15) is 5.69 Å². The molecule has 1 aliphatic rings. The van der Waals surface area contributed by atoms with Crippen molar-refractivity contribution in [3.05, 3.63) is 18.0 Å². The maximum Gasteiger partial charge on any atom is 0.317 e. The number of piperazine rings is 1. The van der Waals surface area contributed by atoms with E-state index in [4.69, 9.17) is 5.73 Å². The molecular formula is C14H23N5O2. The highest BCUT2D eigenvalue weighted by molar-refractivity contribution is 5.94. The van der Waals surface area contributed by atoms with Crippen LogP contribution in [0.3, 0.4) is 0 Å². The molecule has 0 spiro atoms. The molecule has 1 aliphatic heterocycles. The van der Waals surface area contributed by atoms with Gasteiger partial charge in [-0.1, -0.05) is 0 Å². The Morgan fingerprint density at radius 2 is 1.81 bits per heavy atom. The Morgan fingerprint density at radius 3 is 2.38 bits per heavy atom. The lowest BCUT2D eigenvalue weighted by Crippen LogP contribution is -2.53. The monoisotopic (exact) mass is 293 g/mol. The fourth-order valence-corrected chi connectivity index (χ4v) is 2.51. The van der Waals surface area contributed by atoms with Crippen LogP contribution in [-0.2, 0) is 6.54 Å². The molecule has 0 radical (unpaired) electrons. The third-order valence-corrected chi connectivity index (χ3v) is 3.66. The summed E-state index contributed by atoms with van der Waals surface area (Å²) in [6, 6.07) is 1.65. The summed E-state index contributed by atoms with van der Waals surface area (Å²) in [5.41, 5.74) is 6.98. The summed E-state index contributed by atoms with van der Waals surface area (Å²) in [6.45, 7) is 7.39. The number of urea groups is 1. The number of aromatic nitrogens is 1. The van der Waals surface area contributed by atoms with Gasteiger partial charge in [-0.2, -0.15) is 0 Å². The molecule has 3 N–H and O–H groups in total. The van der Waals surface area contributed by atoms with Gasteiger partial charge in [-0.3, -0.25) is 4.79 Å². The van der Waals surface area contributed by atoms with Gasteiger partial charge in [-0.15, -0.1) is 0 Å². The van der Waals surface area contributed by atoms with Gasteiger partial charge >= 0.3 is 6.03 Å². The first-order valence-corrected chi connectivity index (χ1v) is 7.34. The minimum Gasteiger partial charge on any atom is -0.397 e. The SMILES string of the molecule is CCNC(=O)N1CCN(C(=O)c2cc(N)cn2CC)CC1. The van der Waals surface area contributed by atoms with Crippen molar-refractivity contribution in [1.29, 1.82) is 0 Å². The third kappa shape index (κ3) is 3.29. The van der Waals surface area contributed by atoms with Crippen molar-refractivity contribution in [3.8, 4) is 0 Å². The van der Waals surface area contributed by atoms with Crippen molar-refractivity contribution in [3.63, 3.8) is 0 Å². The number of rotatable bonds is 3. The molecule has 21 heavy (non-hydrogen) atoms. The van der Waals surface area contributed by atoms with Gasteiger partial charge in [0, 0.05) is 45.5 Å². The van der Waals surface area contributed by atoms with Crippen molar-refractivity contribution in [2.75, 3.05) is 38.5 Å². The number of carbonyl (C=O) groups is 2. The number of nitrogen functional groups attached to an aromatic ring is 1. The topological polar surface area (TPSA) is 83.6 Å². The van der Waals surface area contributed by atoms with E-state index in [0.717, 1.165) is 0 Å². The third-order valence-electron chi connectivity index (χ3n) is 3.66. The Balaban J connectivity index is 1.98. The molecule has 2 heterocycles. The number of nitrogens with two attached hydrogens (primary N) is 1. The Bertz CT molecular complexity index is 517. The van der Waals surface area contributed by atoms with Crippen LogP contribution in [0.15, 0.2) is 12.3 Å². The van der Waals surface area contributed by atoms with Crippen LogP contribution in [0.2, 0.25) is 0 Å². The minimum atomic E-state index is -0.0641. The van der Waals surface area contributed by atoms with Crippen molar-refractivity contribution in [2.24, 2.45) is 0 Å². The Morgan fingerprint density at radius 1 is 1.19 bits per heavy atom. The fraction of sp³-hybridized carbons (Fsp3) is 0.571. The molecule has 0 atom stereocenters. The van der Waals surface area contributed by atoms with Crippen LogP contribution in [0.1, 0.15) is 24.3 Å². The molecule has 7 heteroatoms. The van der Waals surface area contributed by atoms with Crippen LogP contribution in [0, 0.1) is 0 Å². The molecule has 116 valence electrons. The summed E-state index contributed by atoms with van der Waals surface area (Å²) in [5.74, 6) is -0.0240. The van der Waals surface area contributed by atoms with Gasteiger partial charge in [0.2, 0.25) is 0 Å². The van der Waals surface area contributed by atoms with E-state index in [1.807, 2.05) is 18.4 Å². The predicted octanol–water partition coefficient (Wildman–Crippen LogP) is 0.578. The smallest absolute Gasteiger partial charge is 0.317 e. The summed E-state index contributed by atoms with van der Waals surface area (Å²) in [5, 5.41) is 2.78. The lowest BCUT2D eigenvalue weighted by atomic mass is 10.2. The molecule has 0 aliphatic carbocycles. The van der Waals surface area contributed by atoms with Gasteiger partial charge in [0.25, 0.3) is 5.91 Å². The zero-order valence-electron chi connectivity index (χ0n) is 12.6. The van der Waals surface area contributed by atoms with Gasteiger partial charge in [0.05, 0.1) is 5.69 Å². The van der Waals surface area contributed by atoms with Gasteiger partial charge in [0.15, 0.2) is 0 Å². The van der Waals surface area contributed by atoms with Crippen LogP contribution in [0.4, 0.5) is 10.5 Å². The molecule has 1 fully saturated rings. The van der Waals surface area contributed by atoms with Crippen LogP contribution in [0.5, 0.6) is 0 Å². The largest absolute Gasteiger partial charge is 0.397 e. The van der Waals surface area contributed by atoms with Crippen LogP contribution < -0.4 is 11.1 Å². The molecule has 0 aromatic carbocycles. The Kier molecular flexibility index (Phi) is 4.72. The first kappa shape index (κ1) is 15.2. The van der Waals surface area contributed by atoms with Crippen molar-refractivity contribution >= 4 is 17.6 Å². The minimum absolute atomic E-state index is 0.0240. The zero-order valence-corrected chi connectivity index (χ0v) is 12.6. The van der Waals surface area contributed by atoms with Crippen LogP contribution >= 0.6 is 0 Å². The highest BCUT2D eigenvalue weighted by atomic mass is 16.2. The van der Waals surface area contributed by atoms with Crippen molar-refractivity contribution in [2.45, 2.75) is 20.4 Å². The normalized spacial score (nSPS) is 15.1. The Labute approximate surface area is 124 Å². The molecule has 0 saturated carbocycles. The fourth-order valence-electron chi connectivity index (χ4n) is 2.51. The second kappa shape index (κ2) is 6.51. The molecule has 0 unspecified atom stereocenters. The number of anilines is 1. The molecule has 0 bridgehead atoms. The van der Waals surface area contributed by atoms with E-state index in [1.165, 1.54) is 0 Å².